The van der Waals surface area contributed by atoms with Gasteiger partial charge in [-0.3, -0.25) is 4.98 Å². The summed E-state index contributed by atoms with van der Waals surface area (Å²) >= 11 is 7.55. The predicted octanol–water partition coefficient (Wildman–Crippen LogP) is 3.80. The maximum Gasteiger partial charge on any atom is 0.175 e. The van der Waals surface area contributed by atoms with Gasteiger partial charge in [-0.25, -0.2) is 0 Å². The number of hydrogen-bond acceptors (Lipinski definition) is 2. The van der Waals surface area contributed by atoms with Crippen molar-refractivity contribution >= 4 is 51.3 Å². The summed E-state index contributed by atoms with van der Waals surface area (Å²) in [5, 5.41) is 6.79. The van der Waals surface area contributed by atoms with E-state index in [4.69, 9.17) is 12.2 Å². The van der Waals surface area contributed by atoms with Crippen LogP contribution in [0.1, 0.15) is 5.56 Å². The van der Waals surface area contributed by atoms with Gasteiger partial charge in [-0.05, 0) is 77.6 Å². The zero-order valence-corrected chi connectivity index (χ0v) is 12.7. The molecule has 0 fully saturated rings. The fourth-order valence-corrected chi connectivity index (χ4v) is 2.02. The Labute approximate surface area is 125 Å². The number of anilines is 2. The lowest BCUT2D eigenvalue weighted by molar-refractivity contribution is 1.33. The number of nitrogens with zero attached hydrogens (tertiary/aromatic N) is 1. The maximum atomic E-state index is 5.24. The second-order valence-electron chi connectivity index (χ2n) is 3.78. The Bertz CT molecular complexity index is 557. The minimum absolute atomic E-state index is 0.559. The van der Waals surface area contributed by atoms with E-state index in [-0.39, 0.29) is 0 Å². The molecule has 2 N–H and O–H groups in total. The molecule has 2 aromatic rings. The third kappa shape index (κ3) is 3.64. The molecule has 0 bridgehead atoms. The van der Waals surface area contributed by atoms with Crippen LogP contribution in [-0.4, -0.2) is 10.1 Å². The molecule has 0 amide bonds. The molecule has 1 heterocycles. The standard InChI is InChI=1S/C13H12IN3S/c1-9-7-10(4-5-12(9)14)16-13(18)17-11-3-2-6-15-8-11/h2-8H,1H3,(H2,16,17,18). The molecule has 0 aliphatic heterocycles. The molecule has 1 aromatic carbocycles. The summed E-state index contributed by atoms with van der Waals surface area (Å²) in [7, 11) is 0. The van der Waals surface area contributed by atoms with Crippen LogP contribution in [0.3, 0.4) is 0 Å². The minimum Gasteiger partial charge on any atom is -0.332 e. The fraction of sp³-hybridized carbons (Fsp3) is 0.0769. The number of pyridine rings is 1. The van der Waals surface area contributed by atoms with Gasteiger partial charge in [0, 0.05) is 15.5 Å². The summed E-state index contributed by atoms with van der Waals surface area (Å²) in [4.78, 5) is 4.02. The number of benzene rings is 1. The van der Waals surface area contributed by atoms with Gasteiger partial charge in [0.15, 0.2) is 5.11 Å². The average molecular weight is 369 g/mol. The van der Waals surface area contributed by atoms with Crippen LogP contribution in [0.5, 0.6) is 0 Å². The van der Waals surface area contributed by atoms with Crippen molar-refractivity contribution in [3.8, 4) is 0 Å². The van der Waals surface area contributed by atoms with Crippen LogP contribution in [0.25, 0.3) is 0 Å². The number of halogens is 1. The van der Waals surface area contributed by atoms with Gasteiger partial charge in [-0.1, -0.05) is 0 Å². The Balaban J connectivity index is 2.01. The molecule has 2 rings (SSSR count). The molecule has 0 spiro atoms. The Kier molecular flexibility index (Phi) is 4.48. The van der Waals surface area contributed by atoms with E-state index in [0.29, 0.717) is 5.11 Å². The van der Waals surface area contributed by atoms with Crippen molar-refractivity contribution in [1.82, 2.24) is 4.98 Å². The highest BCUT2D eigenvalue weighted by Crippen LogP contribution is 2.17. The van der Waals surface area contributed by atoms with E-state index in [1.54, 1.807) is 12.4 Å². The molecule has 3 nitrogen and oxygen atoms in total. The molecule has 18 heavy (non-hydrogen) atoms. The topological polar surface area (TPSA) is 37.0 Å². The van der Waals surface area contributed by atoms with Gasteiger partial charge < -0.3 is 10.6 Å². The SMILES string of the molecule is Cc1cc(NC(=S)Nc2cccnc2)ccc1I. The number of rotatable bonds is 2. The Morgan fingerprint density at radius 1 is 1.22 bits per heavy atom. The molecule has 92 valence electrons. The lowest BCUT2D eigenvalue weighted by Gasteiger charge is -2.11. The van der Waals surface area contributed by atoms with Crippen molar-refractivity contribution in [3.05, 3.63) is 51.9 Å². The first-order valence-corrected chi connectivity index (χ1v) is 6.88. The van der Waals surface area contributed by atoms with Crippen LogP contribution in [0.2, 0.25) is 0 Å². The van der Waals surface area contributed by atoms with Crippen molar-refractivity contribution in [2.75, 3.05) is 10.6 Å². The van der Waals surface area contributed by atoms with Crippen LogP contribution in [0, 0.1) is 10.5 Å². The number of thiocarbonyl (C=S) groups is 1. The lowest BCUT2D eigenvalue weighted by atomic mass is 10.2. The van der Waals surface area contributed by atoms with E-state index in [1.807, 2.05) is 18.2 Å². The van der Waals surface area contributed by atoms with Gasteiger partial charge in [0.2, 0.25) is 0 Å². The van der Waals surface area contributed by atoms with Crippen LogP contribution in [-0.2, 0) is 0 Å². The van der Waals surface area contributed by atoms with Gasteiger partial charge in [-0.15, -0.1) is 0 Å². The smallest absolute Gasteiger partial charge is 0.175 e. The molecule has 0 saturated heterocycles. The van der Waals surface area contributed by atoms with E-state index in [1.165, 1.54) is 9.13 Å². The molecular formula is C13H12IN3S. The normalized spacial score (nSPS) is 9.89. The maximum absolute atomic E-state index is 5.24. The molecule has 1 aromatic heterocycles. The highest BCUT2D eigenvalue weighted by atomic mass is 127. The fourth-order valence-electron chi connectivity index (χ4n) is 1.45. The molecule has 5 heteroatoms. The van der Waals surface area contributed by atoms with E-state index < -0.39 is 0 Å². The first kappa shape index (κ1) is 13.2. The van der Waals surface area contributed by atoms with Crippen molar-refractivity contribution in [1.29, 1.82) is 0 Å². The van der Waals surface area contributed by atoms with E-state index in [0.717, 1.165) is 11.4 Å². The second kappa shape index (κ2) is 6.10. The molecule has 0 aliphatic rings. The molecule has 0 radical (unpaired) electrons. The zero-order chi connectivity index (χ0) is 13.0. The van der Waals surface area contributed by atoms with Gasteiger partial charge in [0.25, 0.3) is 0 Å². The third-order valence-corrected chi connectivity index (χ3v) is 3.75. The summed E-state index contributed by atoms with van der Waals surface area (Å²) in [6, 6.07) is 9.91. The van der Waals surface area contributed by atoms with Crippen LogP contribution in [0.4, 0.5) is 11.4 Å². The zero-order valence-electron chi connectivity index (χ0n) is 9.77. The summed E-state index contributed by atoms with van der Waals surface area (Å²) < 4.78 is 1.24. The van der Waals surface area contributed by atoms with E-state index >= 15 is 0 Å². The van der Waals surface area contributed by atoms with Gasteiger partial charge in [-0.2, -0.15) is 0 Å². The van der Waals surface area contributed by atoms with Crippen LogP contribution in [0.15, 0.2) is 42.7 Å². The summed E-state index contributed by atoms with van der Waals surface area (Å²) in [5.74, 6) is 0. The van der Waals surface area contributed by atoms with Gasteiger partial charge in [0.05, 0.1) is 11.9 Å². The van der Waals surface area contributed by atoms with Crippen LogP contribution >= 0.6 is 34.8 Å². The highest BCUT2D eigenvalue weighted by Gasteiger charge is 2.00. The monoisotopic (exact) mass is 369 g/mol. The van der Waals surface area contributed by atoms with E-state index in [2.05, 4.69) is 57.3 Å². The molecular weight excluding hydrogens is 357 g/mol. The van der Waals surface area contributed by atoms with Crippen molar-refractivity contribution in [2.45, 2.75) is 6.92 Å². The molecule has 0 aliphatic carbocycles. The molecule has 0 saturated carbocycles. The molecule has 0 atom stereocenters. The summed E-state index contributed by atoms with van der Waals surface area (Å²) in [6.07, 6.45) is 3.46. The Hall–Kier alpha value is -1.21. The highest BCUT2D eigenvalue weighted by molar-refractivity contribution is 14.1. The first-order valence-electron chi connectivity index (χ1n) is 5.39. The summed E-state index contributed by atoms with van der Waals surface area (Å²) in [6.45, 7) is 2.07. The van der Waals surface area contributed by atoms with Crippen LogP contribution < -0.4 is 10.6 Å². The number of nitrogens with one attached hydrogen (secondary N) is 2. The number of hydrogen-bond donors (Lipinski definition) is 2. The molecule has 0 unspecified atom stereocenters. The number of aromatic nitrogens is 1. The quantitative estimate of drug-likeness (QED) is 0.624. The van der Waals surface area contributed by atoms with Gasteiger partial charge >= 0.3 is 0 Å². The lowest BCUT2D eigenvalue weighted by Crippen LogP contribution is -2.19. The first-order chi connectivity index (χ1) is 8.65. The second-order valence-corrected chi connectivity index (χ2v) is 5.36. The minimum atomic E-state index is 0.559. The Morgan fingerprint density at radius 2 is 2.00 bits per heavy atom. The predicted molar refractivity (Wildman–Crippen MR) is 88.0 cm³/mol. The summed E-state index contributed by atoms with van der Waals surface area (Å²) in [5.41, 5.74) is 3.08. The van der Waals surface area contributed by atoms with E-state index in [9.17, 15) is 0 Å². The van der Waals surface area contributed by atoms with Crippen molar-refractivity contribution < 1.29 is 0 Å². The Morgan fingerprint density at radius 3 is 2.67 bits per heavy atom. The van der Waals surface area contributed by atoms with Crippen molar-refractivity contribution in [3.63, 3.8) is 0 Å². The van der Waals surface area contributed by atoms with Crippen molar-refractivity contribution in [2.24, 2.45) is 0 Å². The number of aryl methyl sites for hydroxylation is 1. The average Bonchev–Trinajstić information content (AvgIpc) is 2.35. The van der Waals surface area contributed by atoms with Gasteiger partial charge in [0.1, 0.15) is 0 Å². The largest absolute Gasteiger partial charge is 0.332 e. The third-order valence-electron chi connectivity index (χ3n) is 2.34.